The van der Waals surface area contributed by atoms with Crippen molar-refractivity contribution >= 4 is 11.6 Å². The molecule has 2 atom stereocenters. The van der Waals surface area contributed by atoms with Crippen LogP contribution in [0.15, 0.2) is 36.4 Å². The minimum atomic E-state index is -0.176. The van der Waals surface area contributed by atoms with E-state index in [1.807, 2.05) is 39.0 Å². The Balaban J connectivity index is 2.33. The molecule has 3 heteroatoms. The highest BCUT2D eigenvalue weighted by molar-refractivity contribution is 6.32. The van der Waals surface area contributed by atoms with Gasteiger partial charge in [0.05, 0.1) is 0 Å². The van der Waals surface area contributed by atoms with E-state index in [1.54, 1.807) is 0 Å². The molecule has 2 rings (SSSR count). The van der Waals surface area contributed by atoms with E-state index in [9.17, 15) is 0 Å². The lowest BCUT2D eigenvalue weighted by Crippen LogP contribution is -2.29. The van der Waals surface area contributed by atoms with Gasteiger partial charge in [-0.3, -0.25) is 0 Å². The molecule has 2 aromatic carbocycles. The van der Waals surface area contributed by atoms with Gasteiger partial charge in [-0.25, -0.2) is 0 Å². The van der Waals surface area contributed by atoms with Gasteiger partial charge in [-0.05, 0) is 56.5 Å². The van der Waals surface area contributed by atoms with Crippen LogP contribution in [-0.2, 0) is 0 Å². The number of aryl methyl sites for hydroxylation is 3. The summed E-state index contributed by atoms with van der Waals surface area (Å²) in [5, 5.41) is 0.787. The lowest BCUT2D eigenvalue weighted by atomic mass is 10.0. The number of hydrogen-bond donors (Lipinski definition) is 1. The van der Waals surface area contributed by atoms with Gasteiger partial charge in [-0.2, -0.15) is 0 Å². The summed E-state index contributed by atoms with van der Waals surface area (Å²) in [6.07, 6.45) is -0.176. The molecule has 2 N–H and O–H groups in total. The molecular formula is C18H22ClNO. The molecule has 2 nitrogen and oxygen atoms in total. The summed E-state index contributed by atoms with van der Waals surface area (Å²) in [7, 11) is 0. The van der Waals surface area contributed by atoms with Crippen molar-refractivity contribution in [2.24, 2.45) is 5.73 Å². The van der Waals surface area contributed by atoms with Crippen LogP contribution < -0.4 is 10.5 Å². The van der Waals surface area contributed by atoms with Crippen LogP contribution in [0.2, 0.25) is 5.02 Å². The molecule has 0 fully saturated rings. The van der Waals surface area contributed by atoms with Gasteiger partial charge in [0.2, 0.25) is 0 Å². The Labute approximate surface area is 131 Å². The Bertz CT molecular complexity index is 614. The summed E-state index contributed by atoms with van der Waals surface area (Å²) in [4.78, 5) is 0. The summed E-state index contributed by atoms with van der Waals surface area (Å²) in [5.41, 5.74) is 10.4. The van der Waals surface area contributed by atoms with Crippen molar-refractivity contribution in [1.29, 1.82) is 0 Å². The maximum atomic E-state index is 6.21. The van der Waals surface area contributed by atoms with Crippen LogP contribution in [0.25, 0.3) is 0 Å². The predicted octanol–water partition coefficient (Wildman–Crippen LogP) is 4.73. The van der Waals surface area contributed by atoms with Crippen molar-refractivity contribution in [2.75, 3.05) is 0 Å². The molecule has 0 saturated carbocycles. The van der Waals surface area contributed by atoms with E-state index in [1.165, 1.54) is 5.56 Å². The maximum absolute atomic E-state index is 6.21. The van der Waals surface area contributed by atoms with Gasteiger partial charge < -0.3 is 10.5 Å². The lowest BCUT2D eigenvalue weighted by molar-refractivity contribution is 0.180. The van der Waals surface area contributed by atoms with Crippen LogP contribution in [0.1, 0.15) is 35.3 Å². The Morgan fingerprint density at radius 2 is 1.67 bits per heavy atom. The molecule has 0 spiro atoms. The average Bonchev–Trinajstić information content (AvgIpc) is 2.41. The molecule has 0 radical (unpaired) electrons. The van der Waals surface area contributed by atoms with Crippen molar-refractivity contribution in [3.8, 4) is 5.75 Å². The zero-order chi connectivity index (χ0) is 15.6. The molecule has 0 saturated heterocycles. The summed E-state index contributed by atoms with van der Waals surface area (Å²) < 4.78 is 6.15. The molecular weight excluding hydrogens is 282 g/mol. The zero-order valence-electron chi connectivity index (χ0n) is 13.0. The highest BCUT2D eigenvalue weighted by atomic mass is 35.5. The summed E-state index contributed by atoms with van der Waals surface area (Å²) in [6, 6.07) is 12.1. The Hall–Kier alpha value is -1.51. The Kier molecular flexibility index (Phi) is 4.92. The van der Waals surface area contributed by atoms with E-state index in [0.29, 0.717) is 0 Å². The molecule has 0 amide bonds. The number of ether oxygens (including phenoxy) is 1. The quantitative estimate of drug-likeness (QED) is 0.886. The van der Waals surface area contributed by atoms with Gasteiger partial charge in [0.1, 0.15) is 11.9 Å². The third-order valence-corrected chi connectivity index (χ3v) is 4.12. The monoisotopic (exact) mass is 303 g/mol. The van der Waals surface area contributed by atoms with Crippen LogP contribution in [0, 0.1) is 20.8 Å². The van der Waals surface area contributed by atoms with Crippen LogP contribution in [0.4, 0.5) is 0 Å². The van der Waals surface area contributed by atoms with Crippen molar-refractivity contribution in [2.45, 2.75) is 39.8 Å². The maximum Gasteiger partial charge on any atom is 0.138 e. The molecule has 0 aliphatic carbocycles. The van der Waals surface area contributed by atoms with Gasteiger partial charge in [0.15, 0.2) is 0 Å². The number of rotatable bonds is 4. The predicted molar refractivity (Wildman–Crippen MR) is 89.1 cm³/mol. The average molecular weight is 304 g/mol. The number of benzene rings is 2. The van der Waals surface area contributed by atoms with Crippen LogP contribution in [0.3, 0.4) is 0 Å². The molecule has 0 bridgehead atoms. The van der Waals surface area contributed by atoms with E-state index in [-0.39, 0.29) is 12.1 Å². The minimum absolute atomic E-state index is 0.108. The fraction of sp³-hybridized carbons (Fsp3) is 0.333. The fourth-order valence-corrected chi connectivity index (χ4v) is 2.56. The lowest BCUT2D eigenvalue weighted by Gasteiger charge is -2.24. The number of hydrogen-bond acceptors (Lipinski definition) is 2. The van der Waals surface area contributed by atoms with E-state index in [4.69, 9.17) is 22.1 Å². The molecule has 112 valence electrons. The minimum Gasteiger partial charge on any atom is -0.484 e. The van der Waals surface area contributed by atoms with Gasteiger partial charge in [-0.1, -0.05) is 41.4 Å². The first-order valence-corrected chi connectivity index (χ1v) is 7.52. The molecule has 2 unspecified atom stereocenters. The van der Waals surface area contributed by atoms with Crippen molar-refractivity contribution in [3.05, 3.63) is 63.7 Å². The first-order chi connectivity index (χ1) is 9.88. The van der Waals surface area contributed by atoms with Crippen LogP contribution >= 0.6 is 11.6 Å². The topological polar surface area (TPSA) is 35.2 Å². The molecule has 0 heterocycles. The SMILES string of the molecule is Cc1cccc(C(Oc2cc(C)c(Cl)c(C)c2)C(C)N)c1. The van der Waals surface area contributed by atoms with Gasteiger partial charge >= 0.3 is 0 Å². The second-order valence-electron chi connectivity index (χ2n) is 5.68. The summed E-state index contributed by atoms with van der Waals surface area (Å²) in [5.74, 6) is 0.804. The smallest absolute Gasteiger partial charge is 0.138 e. The first kappa shape index (κ1) is 15.9. The van der Waals surface area contributed by atoms with Crippen molar-refractivity contribution in [1.82, 2.24) is 0 Å². The molecule has 0 aromatic heterocycles. The van der Waals surface area contributed by atoms with E-state index in [0.717, 1.165) is 27.5 Å². The second kappa shape index (κ2) is 6.50. The highest BCUT2D eigenvalue weighted by Gasteiger charge is 2.19. The molecule has 2 aromatic rings. The normalized spacial score (nSPS) is 13.8. The first-order valence-electron chi connectivity index (χ1n) is 7.14. The molecule has 0 aliphatic heterocycles. The third kappa shape index (κ3) is 3.78. The molecule has 21 heavy (non-hydrogen) atoms. The Morgan fingerprint density at radius 3 is 2.19 bits per heavy atom. The van der Waals surface area contributed by atoms with Crippen molar-refractivity contribution in [3.63, 3.8) is 0 Å². The highest BCUT2D eigenvalue weighted by Crippen LogP contribution is 2.30. The van der Waals surface area contributed by atoms with Gasteiger partial charge in [-0.15, -0.1) is 0 Å². The zero-order valence-corrected chi connectivity index (χ0v) is 13.7. The second-order valence-corrected chi connectivity index (χ2v) is 6.06. The van der Waals surface area contributed by atoms with E-state index < -0.39 is 0 Å². The van der Waals surface area contributed by atoms with E-state index in [2.05, 4.69) is 25.1 Å². The summed E-state index contributed by atoms with van der Waals surface area (Å²) in [6.45, 7) is 7.99. The fourth-order valence-electron chi connectivity index (χ4n) is 2.45. The number of nitrogens with two attached hydrogens (primary N) is 1. The molecule has 0 aliphatic rings. The van der Waals surface area contributed by atoms with Crippen LogP contribution in [0.5, 0.6) is 5.75 Å². The van der Waals surface area contributed by atoms with E-state index >= 15 is 0 Å². The standard InChI is InChI=1S/C18H22ClNO/c1-11-6-5-7-15(8-11)18(14(4)20)21-16-9-12(2)17(19)13(3)10-16/h5-10,14,18H,20H2,1-4H3. The Morgan fingerprint density at radius 1 is 1.05 bits per heavy atom. The van der Waals surface area contributed by atoms with Crippen LogP contribution in [-0.4, -0.2) is 6.04 Å². The third-order valence-electron chi connectivity index (χ3n) is 3.52. The van der Waals surface area contributed by atoms with Crippen molar-refractivity contribution < 1.29 is 4.74 Å². The largest absolute Gasteiger partial charge is 0.484 e. The summed E-state index contributed by atoms with van der Waals surface area (Å²) >= 11 is 6.21. The van der Waals surface area contributed by atoms with Gasteiger partial charge in [0, 0.05) is 11.1 Å². The number of halogens is 1. The van der Waals surface area contributed by atoms with Gasteiger partial charge in [0.25, 0.3) is 0 Å².